The summed E-state index contributed by atoms with van der Waals surface area (Å²) in [5.41, 5.74) is 3.83. The molecule has 0 amide bonds. The van der Waals surface area contributed by atoms with Gasteiger partial charge in [0, 0.05) is 18.0 Å². The minimum Gasteiger partial charge on any atom is -0.236 e. The molecule has 1 heterocycles. The van der Waals surface area contributed by atoms with E-state index >= 15 is 0 Å². The normalized spacial score (nSPS) is 12.2. The fraction of sp³-hybridized carbons (Fsp3) is 0.688. The lowest BCUT2D eigenvalue weighted by Crippen LogP contribution is -1.94. The van der Waals surface area contributed by atoms with Gasteiger partial charge in [-0.05, 0) is 42.7 Å². The Morgan fingerprint density at radius 3 is 1.65 bits per heavy atom. The summed E-state index contributed by atoms with van der Waals surface area (Å²) < 4.78 is 0. The summed E-state index contributed by atoms with van der Waals surface area (Å²) in [5.74, 6) is 1.76. The maximum atomic E-state index is 4.64. The third-order valence-electron chi connectivity index (χ3n) is 7.35. The van der Waals surface area contributed by atoms with Crippen LogP contribution in [-0.4, -0.2) is 9.97 Å². The van der Waals surface area contributed by atoms with Crippen LogP contribution in [0.5, 0.6) is 0 Å². The van der Waals surface area contributed by atoms with Gasteiger partial charge in [-0.2, -0.15) is 0 Å². The number of hydrogen-bond donors (Lipinski definition) is 0. The number of aromatic nitrogens is 2. The highest BCUT2D eigenvalue weighted by Gasteiger charge is 2.03. The molecule has 1 unspecified atom stereocenters. The van der Waals surface area contributed by atoms with Crippen molar-refractivity contribution >= 4 is 0 Å². The Balaban J connectivity index is 1.58. The van der Waals surface area contributed by atoms with E-state index in [4.69, 9.17) is 0 Å². The lowest BCUT2D eigenvalue weighted by molar-refractivity contribution is 0.471. The summed E-state index contributed by atoms with van der Waals surface area (Å²) in [6.45, 7) is 6.96. The highest BCUT2D eigenvalue weighted by molar-refractivity contribution is 5.55. The van der Waals surface area contributed by atoms with Gasteiger partial charge in [0.25, 0.3) is 0 Å². The molecule has 34 heavy (non-hydrogen) atoms. The summed E-state index contributed by atoms with van der Waals surface area (Å²) in [6.07, 6.45) is 28.2. The van der Waals surface area contributed by atoms with E-state index < -0.39 is 0 Å². The fourth-order valence-corrected chi connectivity index (χ4v) is 4.65. The Hall–Kier alpha value is -1.70. The molecule has 0 aliphatic rings. The van der Waals surface area contributed by atoms with Crippen LogP contribution in [-0.2, 0) is 12.8 Å². The zero-order valence-electron chi connectivity index (χ0n) is 22.7. The second-order valence-electron chi connectivity index (χ2n) is 10.5. The molecule has 190 valence electrons. The van der Waals surface area contributed by atoms with Crippen LogP contribution in [0.2, 0.25) is 0 Å². The van der Waals surface area contributed by atoms with E-state index in [1.807, 2.05) is 12.4 Å². The first-order valence-corrected chi connectivity index (χ1v) is 14.6. The molecule has 0 N–H and O–H groups in total. The van der Waals surface area contributed by atoms with Gasteiger partial charge in [-0.3, -0.25) is 0 Å². The maximum absolute atomic E-state index is 4.64. The van der Waals surface area contributed by atoms with Crippen molar-refractivity contribution < 1.29 is 0 Å². The van der Waals surface area contributed by atoms with E-state index in [9.17, 15) is 0 Å². The lowest BCUT2D eigenvalue weighted by Gasteiger charge is -2.07. The van der Waals surface area contributed by atoms with E-state index in [1.54, 1.807) is 0 Å². The Labute approximate surface area is 211 Å². The van der Waals surface area contributed by atoms with Gasteiger partial charge < -0.3 is 0 Å². The van der Waals surface area contributed by atoms with Crippen molar-refractivity contribution in [2.24, 2.45) is 5.92 Å². The third kappa shape index (κ3) is 12.7. The highest BCUT2D eigenvalue weighted by atomic mass is 14.9. The number of rotatable bonds is 20. The van der Waals surface area contributed by atoms with Gasteiger partial charge in [-0.15, -0.1) is 0 Å². The van der Waals surface area contributed by atoms with Crippen LogP contribution in [0.15, 0.2) is 36.7 Å². The summed E-state index contributed by atoms with van der Waals surface area (Å²) in [6, 6.07) is 8.91. The van der Waals surface area contributed by atoms with Crippen molar-refractivity contribution in [2.45, 2.75) is 136 Å². The Bertz CT molecular complexity index is 720. The first kappa shape index (κ1) is 28.5. The standard InChI is InChI=1S/C32H52N2/c1-4-6-7-8-9-10-15-18-21-30-26-33-32(34-27-30)31-24-22-29(23-25-31)20-17-14-12-11-13-16-19-28(3)5-2/h22-28H,4-21H2,1-3H3. The summed E-state index contributed by atoms with van der Waals surface area (Å²) in [5, 5.41) is 0. The first-order valence-electron chi connectivity index (χ1n) is 14.6. The van der Waals surface area contributed by atoms with Gasteiger partial charge in [-0.25, -0.2) is 9.97 Å². The van der Waals surface area contributed by atoms with Crippen molar-refractivity contribution in [1.29, 1.82) is 0 Å². The first-order chi connectivity index (χ1) is 16.7. The van der Waals surface area contributed by atoms with Gasteiger partial charge >= 0.3 is 0 Å². The summed E-state index contributed by atoms with van der Waals surface area (Å²) >= 11 is 0. The highest BCUT2D eigenvalue weighted by Crippen LogP contribution is 2.19. The SMILES string of the molecule is CCCCCCCCCCc1cnc(-c2ccc(CCCCCCCCC(C)CC)cc2)nc1. The number of hydrogen-bond acceptors (Lipinski definition) is 2. The predicted octanol–water partition coefficient (Wildman–Crippen LogP) is 10.1. The lowest BCUT2D eigenvalue weighted by atomic mass is 9.99. The monoisotopic (exact) mass is 464 g/mol. The minimum absolute atomic E-state index is 0.851. The molecule has 0 fully saturated rings. The second kappa shape index (κ2) is 18.6. The van der Waals surface area contributed by atoms with Gasteiger partial charge in [0.2, 0.25) is 0 Å². The molecule has 1 atom stereocenters. The molecule has 0 saturated heterocycles. The van der Waals surface area contributed by atoms with Crippen molar-refractivity contribution in [3.63, 3.8) is 0 Å². The minimum atomic E-state index is 0.851. The van der Waals surface area contributed by atoms with Crippen molar-refractivity contribution in [3.05, 3.63) is 47.8 Å². The maximum Gasteiger partial charge on any atom is 0.159 e. The van der Waals surface area contributed by atoms with Gasteiger partial charge in [-0.1, -0.05) is 135 Å². The van der Waals surface area contributed by atoms with Crippen LogP contribution >= 0.6 is 0 Å². The molecule has 0 spiro atoms. The van der Waals surface area contributed by atoms with Crippen LogP contribution in [0.3, 0.4) is 0 Å². The topological polar surface area (TPSA) is 25.8 Å². The molecule has 0 aliphatic carbocycles. The van der Waals surface area contributed by atoms with Gasteiger partial charge in [0.1, 0.15) is 0 Å². The van der Waals surface area contributed by atoms with Crippen LogP contribution in [0.1, 0.15) is 135 Å². The van der Waals surface area contributed by atoms with Gasteiger partial charge in [0.15, 0.2) is 5.82 Å². The smallest absolute Gasteiger partial charge is 0.159 e. The molecule has 2 nitrogen and oxygen atoms in total. The molecule has 0 aliphatic heterocycles. The molecular weight excluding hydrogens is 412 g/mol. The van der Waals surface area contributed by atoms with E-state index in [0.717, 1.165) is 23.7 Å². The van der Waals surface area contributed by atoms with Crippen LogP contribution in [0, 0.1) is 5.92 Å². The third-order valence-corrected chi connectivity index (χ3v) is 7.35. The number of aryl methyl sites for hydroxylation is 2. The predicted molar refractivity (Wildman–Crippen MR) is 149 cm³/mol. The molecular formula is C32H52N2. The number of nitrogens with zero attached hydrogens (tertiary/aromatic N) is 2. The Morgan fingerprint density at radius 1 is 0.588 bits per heavy atom. The van der Waals surface area contributed by atoms with Crippen LogP contribution < -0.4 is 0 Å². The van der Waals surface area contributed by atoms with Crippen molar-refractivity contribution in [1.82, 2.24) is 9.97 Å². The summed E-state index contributed by atoms with van der Waals surface area (Å²) in [4.78, 5) is 9.29. The average molecular weight is 465 g/mol. The molecule has 0 bridgehead atoms. The number of benzene rings is 1. The zero-order valence-corrected chi connectivity index (χ0v) is 22.7. The molecule has 2 heteroatoms. The molecule has 2 aromatic rings. The zero-order chi connectivity index (χ0) is 24.3. The molecule has 0 saturated carbocycles. The average Bonchev–Trinajstić information content (AvgIpc) is 2.88. The Kier molecular flexibility index (Phi) is 15.6. The van der Waals surface area contributed by atoms with E-state index in [-0.39, 0.29) is 0 Å². The summed E-state index contributed by atoms with van der Waals surface area (Å²) in [7, 11) is 0. The molecule has 1 aromatic carbocycles. The van der Waals surface area contributed by atoms with E-state index in [1.165, 1.54) is 120 Å². The quantitative estimate of drug-likeness (QED) is 0.182. The number of unbranched alkanes of at least 4 members (excludes halogenated alkanes) is 12. The van der Waals surface area contributed by atoms with Crippen molar-refractivity contribution in [2.75, 3.05) is 0 Å². The fourth-order valence-electron chi connectivity index (χ4n) is 4.65. The molecule has 0 radical (unpaired) electrons. The van der Waals surface area contributed by atoms with Crippen LogP contribution in [0.25, 0.3) is 11.4 Å². The molecule has 1 aromatic heterocycles. The van der Waals surface area contributed by atoms with Crippen molar-refractivity contribution in [3.8, 4) is 11.4 Å². The molecule has 2 rings (SSSR count). The van der Waals surface area contributed by atoms with Crippen LogP contribution in [0.4, 0.5) is 0 Å². The largest absolute Gasteiger partial charge is 0.236 e. The van der Waals surface area contributed by atoms with E-state index in [2.05, 4.69) is 55.0 Å². The van der Waals surface area contributed by atoms with Gasteiger partial charge in [0.05, 0.1) is 0 Å². The second-order valence-corrected chi connectivity index (χ2v) is 10.5. The Morgan fingerprint density at radius 2 is 1.09 bits per heavy atom. The van der Waals surface area contributed by atoms with E-state index in [0.29, 0.717) is 0 Å².